The molecule has 2 aromatic heterocycles. The predicted octanol–water partition coefficient (Wildman–Crippen LogP) is 3.01. The number of rotatable bonds is 4. The van der Waals surface area contributed by atoms with E-state index in [1.54, 1.807) is 0 Å². The van der Waals surface area contributed by atoms with Crippen LogP contribution in [0.5, 0.6) is 0 Å². The highest BCUT2D eigenvalue weighted by molar-refractivity contribution is 5.27. The zero-order chi connectivity index (χ0) is 16.9. The van der Waals surface area contributed by atoms with Crippen molar-refractivity contribution in [2.75, 3.05) is 6.61 Å². The fourth-order valence-corrected chi connectivity index (χ4v) is 5.52. The van der Waals surface area contributed by atoms with Gasteiger partial charge in [0.25, 0.3) is 0 Å². The van der Waals surface area contributed by atoms with Gasteiger partial charge in [0, 0.05) is 49.1 Å². The molecule has 1 saturated heterocycles. The third kappa shape index (κ3) is 2.36. The summed E-state index contributed by atoms with van der Waals surface area (Å²) in [5.74, 6) is 2.61. The topological polar surface area (TPSA) is 52.0 Å². The summed E-state index contributed by atoms with van der Waals surface area (Å²) in [6.45, 7) is 3.84. The van der Waals surface area contributed by atoms with Gasteiger partial charge < -0.3 is 10.1 Å². The van der Waals surface area contributed by atoms with Gasteiger partial charge >= 0.3 is 0 Å². The van der Waals surface area contributed by atoms with E-state index in [1.807, 2.05) is 30.1 Å². The van der Waals surface area contributed by atoms with Crippen molar-refractivity contribution in [1.82, 2.24) is 19.9 Å². The first-order valence-corrected chi connectivity index (χ1v) is 9.58. The van der Waals surface area contributed by atoms with Gasteiger partial charge in [0.15, 0.2) is 0 Å². The Hall–Kier alpha value is -1.72. The van der Waals surface area contributed by atoms with E-state index in [0.29, 0.717) is 17.6 Å². The van der Waals surface area contributed by atoms with Gasteiger partial charge in [-0.05, 0) is 37.8 Å². The lowest BCUT2D eigenvalue weighted by atomic mass is 9.54. The first-order valence-electron chi connectivity index (χ1n) is 9.58. The van der Waals surface area contributed by atoms with Crippen LogP contribution in [0.15, 0.2) is 30.7 Å². The quantitative estimate of drug-likeness (QED) is 0.931. The van der Waals surface area contributed by atoms with Crippen LogP contribution in [0.4, 0.5) is 0 Å². The number of aryl methyl sites for hydroxylation is 1. The number of nitrogens with zero attached hydrogens (tertiary/aromatic N) is 3. The molecule has 3 heterocycles. The molecule has 25 heavy (non-hydrogen) atoms. The second-order valence-corrected chi connectivity index (χ2v) is 7.91. The zero-order valence-corrected chi connectivity index (χ0v) is 14.8. The molecule has 3 aliphatic rings. The van der Waals surface area contributed by atoms with Gasteiger partial charge in [-0.1, -0.05) is 18.9 Å². The van der Waals surface area contributed by atoms with E-state index in [4.69, 9.17) is 4.74 Å². The molecule has 0 aromatic carbocycles. The van der Waals surface area contributed by atoms with Crippen molar-refractivity contribution < 1.29 is 4.74 Å². The molecule has 0 amide bonds. The predicted molar refractivity (Wildman–Crippen MR) is 95.5 cm³/mol. The number of ether oxygens (including phenoxy) is 1. The Labute approximate surface area is 148 Å². The third-order valence-electron chi connectivity index (χ3n) is 6.69. The normalized spacial score (nSPS) is 29.7. The van der Waals surface area contributed by atoms with Crippen LogP contribution >= 0.6 is 0 Å². The monoisotopic (exact) mass is 338 g/mol. The van der Waals surface area contributed by atoms with Crippen molar-refractivity contribution in [3.05, 3.63) is 42.1 Å². The van der Waals surface area contributed by atoms with Gasteiger partial charge in [0.2, 0.25) is 0 Å². The van der Waals surface area contributed by atoms with E-state index in [9.17, 15) is 0 Å². The maximum Gasteiger partial charge on any atom is 0.137 e. The van der Waals surface area contributed by atoms with Crippen LogP contribution in [-0.4, -0.2) is 33.3 Å². The lowest BCUT2D eigenvalue weighted by molar-refractivity contribution is -0.130. The number of hydrogen-bond donors (Lipinski definition) is 1. The molecule has 3 unspecified atom stereocenters. The Kier molecular flexibility index (Phi) is 3.68. The Balaban J connectivity index is 1.28. The van der Waals surface area contributed by atoms with Crippen LogP contribution in [0.2, 0.25) is 0 Å². The van der Waals surface area contributed by atoms with Gasteiger partial charge in [-0.2, -0.15) is 0 Å². The van der Waals surface area contributed by atoms with Gasteiger partial charge in [-0.3, -0.25) is 4.57 Å². The van der Waals surface area contributed by atoms with Crippen molar-refractivity contribution in [2.45, 2.75) is 57.7 Å². The molecule has 0 bridgehead atoms. The van der Waals surface area contributed by atoms with Crippen molar-refractivity contribution in [3.63, 3.8) is 0 Å². The highest BCUT2D eigenvalue weighted by Gasteiger charge is 2.64. The Morgan fingerprint density at radius 2 is 2.16 bits per heavy atom. The second kappa shape index (κ2) is 5.92. The maximum atomic E-state index is 6.08. The van der Waals surface area contributed by atoms with Gasteiger partial charge in [0.05, 0.1) is 6.10 Å². The van der Waals surface area contributed by atoms with Crippen LogP contribution in [0.1, 0.15) is 43.5 Å². The van der Waals surface area contributed by atoms with Gasteiger partial charge in [-0.25, -0.2) is 9.97 Å². The third-order valence-corrected chi connectivity index (χ3v) is 6.69. The van der Waals surface area contributed by atoms with Gasteiger partial charge in [0.1, 0.15) is 11.6 Å². The number of aromatic nitrogens is 3. The van der Waals surface area contributed by atoms with Crippen LogP contribution in [0, 0.1) is 18.3 Å². The van der Waals surface area contributed by atoms with Crippen molar-refractivity contribution in [2.24, 2.45) is 11.3 Å². The number of imidazole rings is 1. The van der Waals surface area contributed by atoms with Crippen LogP contribution < -0.4 is 5.32 Å². The summed E-state index contributed by atoms with van der Waals surface area (Å²) in [6.07, 6.45) is 12.9. The highest BCUT2D eigenvalue weighted by Crippen LogP contribution is 2.60. The molecule has 3 fully saturated rings. The summed E-state index contributed by atoms with van der Waals surface area (Å²) in [4.78, 5) is 8.88. The smallest absolute Gasteiger partial charge is 0.137 e. The van der Waals surface area contributed by atoms with Crippen molar-refractivity contribution in [3.8, 4) is 5.82 Å². The second-order valence-electron chi connectivity index (χ2n) is 7.91. The average molecular weight is 338 g/mol. The number of fused-ring (bicyclic) bond motifs is 2. The van der Waals surface area contributed by atoms with Crippen LogP contribution in [0.3, 0.4) is 0 Å². The summed E-state index contributed by atoms with van der Waals surface area (Å²) >= 11 is 0. The molecule has 2 saturated carbocycles. The van der Waals surface area contributed by atoms with E-state index in [0.717, 1.165) is 30.7 Å². The first kappa shape index (κ1) is 15.5. The van der Waals surface area contributed by atoms with E-state index in [1.165, 1.54) is 37.7 Å². The molecule has 2 aromatic rings. The van der Waals surface area contributed by atoms with Crippen LogP contribution in [0.25, 0.3) is 5.82 Å². The molecule has 3 atom stereocenters. The molecule has 2 aliphatic carbocycles. The largest absolute Gasteiger partial charge is 0.377 e. The molecule has 0 radical (unpaired) electrons. The summed E-state index contributed by atoms with van der Waals surface area (Å²) in [6, 6.07) is 4.88. The van der Waals surface area contributed by atoms with E-state index < -0.39 is 0 Å². The summed E-state index contributed by atoms with van der Waals surface area (Å²) in [5, 5.41) is 3.87. The number of hydrogen-bond acceptors (Lipinski definition) is 4. The van der Waals surface area contributed by atoms with Gasteiger partial charge in [-0.15, -0.1) is 0 Å². The lowest BCUT2D eigenvalue weighted by Gasteiger charge is -2.57. The fraction of sp³-hybridized carbons (Fsp3) is 0.600. The molecule has 1 N–H and O–H groups in total. The molecule has 5 nitrogen and oxygen atoms in total. The molecule has 1 spiro atoms. The van der Waals surface area contributed by atoms with Crippen molar-refractivity contribution in [1.29, 1.82) is 0 Å². The maximum absolute atomic E-state index is 6.08. The number of pyridine rings is 1. The highest BCUT2D eigenvalue weighted by atomic mass is 16.5. The lowest BCUT2D eigenvalue weighted by Crippen LogP contribution is -2.67. The summed E-state index contributed by atoms with van der Waals surface area (Å²) in [7, 11) is 0. The Morgan fingerprint density at radius 1 is 1.28 bits per heavy atom. The number of nitrogens with one attached hydrogen (secondary N) is 1. The average Bonchev–Trinajstić information content (AvgIpc) is 3.35. The molecule has 5 rings (SSSR count). The van der Waals surface area contributed by atoms with E-state index in [-0.39, 0.29) is 0 Å². The standard InChI is InChI=1S/C20H26N4O/c1-14-21-9-10-24(14)17-5-4-15(12-22-17)13-23-18-16-6-11-25-19(16)20(18)7-2-3-8-20/h4-5,9-10,12,16,18-19,23H,2-3,6-8,11,13H2,1H3. The minimum atomic E-state index is 0.419. The Bertz CT molecular complexity index is 747. The van der Waals surface area contributed by atoms with E-state index >= 15 is 0 Å². The fourth-order valence-electron chi connectivity index (χ4n) is 5.52. The molecular weight excluding hydrogens is 312 g/mol. The minimum absolute atomic E-state index is 0.419. The molecule has 5 heteroatoms. The SMILES string of the molecule is Cc1nccn1-c1ccc(CNC2C3CCOC3C23CCCC3)cn1. The van der Waals surface area contributed by atoms with Crippen molar-refractivity contribution >= 4 is 0 Å². The van der Waals surface area contributed by atoms with Crippen LogP contribution in [-0.2, 0) is 11.3 Å². The minimum Gasteiger partial charge on any atom is -0.377 e. The van der Waals surface area contributed by atoms with E-state index in [2.05, 4.69) is 27.4 Å². The molecular formula is C20H26N4O. The summed E-state index contributed by atoms with van der Waals surface area (Å²) in [5.41, 5.74) is 1.67. The first-order chi connectivity index (χ1) is 12.3. The Morgan fingerprint density at radius 3 is 2.88 bits per heavy atom. The molecule has 132 valence electrons. The summed E-state index contributed by atoms with van der Waals surface area (Å²) < 4.78 is 8.09. The molecule has 1 aliphatic heterocycles. The zero-order valence-electron chi connectivity index (χ0n) is 14.8.